The fraction of sp³-hybridized carbons (Fsp3) is 0.471. The minimum atomic E-state index is -0.252. The van der Waals surface area contributed by atoms with E-state index >= 15 is 0 Å². The van der Waals surface area contributed by atoms with Gasteiger partial charge in [-0.1, -0.05) is 31.9 Å². The molecule has 0 saturated carbocycles. The molecule has 0 aliphatic carbocycles. The second kappa shape index (κ2) is 8.27. The van der Waals surface area contributed by atoms with Crippen molar-refractivity contribution in [1.82, 2.24) is 0 Å². The minimum Gasteiger partial charge on any atom is -0.493 e. The van der Waals surface area contributed by atoms with Gasteiger partial charge in [-0.2, -0.15) is 0 Å². The van der Waals surface area contributed by atoms with E-state index in [9.17, 15) is 4.79 Å². The number of carbonyl (C=O) groups excluding carboxylic acids is 1. The van der Waals surface area contributed by atoms with Crippen LogP contribution >= 0.6 is 0 Å². The molecule has 0 amide bonds. The molecule has 0 aliphatic rings. The maximum Gasteiger partial charge on any atom is 0.307 e. The predicted molar refractivity (Wildman–Crippen MR) is 79.6 cm³/mol. The molecule has 0 radical (unpaired) electrons. The molecule has 0 N–H and O–H groups in total. The number of ether oxygens (including phenoxy) is 2. The summed E-state index contributed by atoms with van der Waals surface area (Å²) >= 11 is 0. The van der Waals surface area contributed by atoms with Crippen LogP contribution in [0.4, 0.5) is 0 Å². The number of methoxy groups -OCH3 is 1. The third-order valence-electron chi connectivity index (χ3n) is 2.78. The Hall–Kier alpha value is -1.95. The van der Waals surface area contributed by atoms with Gasteiger partial charge in [0.25, 0.3) is 0 Å². The molecule has 1 atom stereocenters. The molecule has 1 aromatic rings. The number of benzene rings is 1. The van der Waals surface area contributed by atoms with Gasteiger partial charge >= 0.3 is 5.97 Å². The average molecular weight is 274 g/mol. The van der Waals surface area contributed by atoms with Crippen LogP contribution in [0.2, 0.25) is 0 Å². The maximum absolute atomic E-state index is 11.4. The Morgan fingerprint density at radius 1 is 1.25 bits per heavy atom. The van der Waals surface area contributed by atoms with Crippen LogP contribution in [0.25, 0.3) is 0 Å². The van der Waals surface area contributed by atoms with Gasteiger partial charge in [0, 0.05) is 0 Å². The van der Waals surface area contributed by atoms with E-state index in [0.717, 1.165) is 11.3 Å². The molecule has 1 unspecified atom stereocenters. The van der Waals surface area contributed by atoms with Gasteiger partial charge < -0.3 is 9.47 Å². The number of rotatable bonds is 6. The lowest BCUT2D eigenvalue weighted by molar-refractivity contribution is -0.140. The molecule has 0 fully saturated rings. The van der Waals surface area contributed by atoms with E-state index in [1.807, 2.05) is 24.3 Å². The summed E-state index contributed by atoms with van der Waals surface area (Å²) in [6.07, 6.45) is 0.267. The largest absolute Gasteiger partial charge is 0.493 e. The molecular weight excluding hydrogens is 252 g/mol. The SMILES string of the molecule is CC#CC(CC(=O)OC)c1ccc(OCC(C)C)cc1. The molecule has 3 heteroatoms. The van der Waals surface area contributed by atoms with Gasteiger partial charge in [-0.15, -0.1) is 5.92 Å². The van der Waals surface area contributed by atoms with E-state index in [2.05, 4.69) is 25.7 Å². The highest BCUT2D eigenvalue weighted by atomic mass is 16.5. The Bertz CT molecular complexity index is 477. The first-order valence-electron chi connectivity index (χ1n) is 6.78. The lowest BCUT2D eigenvalue weighted by Crippen LogP contribution is -2.08. The fourth-order valence-corrected chi connectivity index (χ4v) is 1.74. The van der Waals surface area contributed by atoms with Gasteiger partial charge in [0.15, 0.2) is 0 Å². The Morgan fingerprint density at radius 3 is 2.40 bits per heavy atom. The van der Waals surface area contributed by atoms with Crippen LogP contribution < -0.4 is 4.74 Å². The lowest BCUT2D eigenvalue weighted by Gasteiger charge is -2.12. The van der Waals surface area contributed by atoms with Crippen molar-refractivity contribution in [1.29, 1.82) is 0 Å². The van der Waals surface area contributed by atoms with E-state index in [0.29, 0.717) is 12.5 Å². The van der Waals surface area contributed by atoms with Gasteiger partial charge in [-0.3, -0.25) is 4.79 Å². The first-order valence-corrected chi connectivity index (χ1v) is 6.78. The highest BCUT2D eigenvalue weighted by Crippen LogP contribution is 2.22. The molecular formula is C17H22O3. The normalized spacial score (nSPS) is 11.4. The molecule has 0 aliphatic heterocycles. The van der Waals surface area contributed by atoms with Gasteiger partial charge in [0.1, 0.15) is 5.75 Å². The number of esters is 1. The third kappa shape index (κ3) is 5.36. The van der Waals surface area contributed by atoms with Crippen molar-refractivity contribution in [3.8, 4) is 17.6 Å². The summed E-state index contributed by atoms with van der Waals surface area (Å²) in [4.78, 5) is 11.4. The Labute approximate surface area is 121 Å². The Balaban J connectivity index is 2.76. The van der Waals surface area contributed by atoms with E-state index in [1.54, 1.807) is 6.92 Å². The molecule has 0 spiro atoms. The highest BCUT2D eigenvalue weighted by Gasteiger charge is 2.14. The second-order valence-electron chi connectivity index (χ2n) is 5.00. The van der Waals surface area contributed by atoms with Crippen molar-refractivity contribution >= 4 is 5.97 Å². The van der Waals surface area contributed by atoms with Crippen molar-refractivity contribution in [2.24, 2.45) is 5.92 Å². The van der Waals surface area contributed by atoms with Crippen LogP contribution in [-0.4, -0.2) is 19.7 Å². The maximum atomic E-state index is 11.4. The van der Waals surface area contributed by atoms with Crippen LogP contribution in [-0.2, 0) is 9.53 Å². The zero-order valence-electron chi connectivity index (χ0n) is 12.6. The molecule has 3 nitrogen and oxygen atoms in total. The zero-order valence-corrected chi connectivity index (χ0v) is 12.6. The monoisotopic (exact) mass is 274 g/mol. The summed E-state index contributed by atoms with van der Waals surface area (Å²) in [5.41, 5.74) is 1.00. The highest BCUT2D eigenvalue weighted by molar-refractivity contribution is 5.71. The average Bonchev–Trinajstić information content (AvgIpc) is 2.45. The second-order valence-corrected chi connectivity index (χ2v) is 5.00. The van der Waals surface area contributed by atoms with E-state index in [-0.39, 0.29) is 18.3 Å². The van der Waals surface area contributed by atoms with Crippen molar-refractivity contribution in [3.63, 3.8) is 0 Å². The van der Waals surface area contributed by atoms with Gasteiger partial charge in [0.2, 0.25) is 0 Å². The summed E-state index contributed by atoms with van der Waals surface area (Å²) in [7, 11) is 1.39. The van der Waals surface area contributed by atoms with Crippen molar-refractivity contribution in [3.05, 3.63) is 29.8 Å². The van der Waals surface area contributed by atoms with Crippen molar-refractivity contribution in [2.45, 2.75) is 33.1 Å². The van der Waals surface area contributed by atoms with Gasteiger partial charge in [0.05, 0.1) is 26.1 Å². The summed E-state index contributed by atoms with van der Waals surface area (Å²) in [5.74, 6) is 6.85. The molecule has 1 aromatic carbocycles. The molecule has 108 valence electrons. The number of hydrogen-bond donors (Lipinski definition) is 0. The Morgan fingerprint density at radius 2 is 1.90 bits per heavy atom. The molecule has 20 heavy (non-hydrogen) atoms. The van der Waals surface area contributed by atoms with Crippen LogP contribution in [0.3, 0.4) is 0 Å². The quantitative estimate of drug-likeness (QED) is 0.589. The zero-order chi connectivity index (χ0) is 15.0. The summed E-state index contributed by atoms with van der Waals surface area (Å²) in [6.45, 7) is 6.68. The molecule has 0 heterocycles. The van der Waals surface area contributed by atoms with Gasteiger partial charge in [-0.05, 0) is 30.5 Å². The summed E-state index contributed by atoms with van der Waals surface area (Å²) in [5, 5.41) is 0. The standard InChI is InChI=1S/C17H22O3/c1-5-6-15(11-17(18)19-4)14-7-9-16(10-8-14)20-12-13(2)3/h7-10,13,15H,11-12H2,1-4H3. The number of hydrogen-bond acceptors (Lipinski definition) is 3. The van der Waals surface area contributed by atoms with Crippen LogP contribution in [0, 0.1) is 17.8 Å². The third-order valence-corrected chi connectivity index (χ3v) is 2.78. The van der Waals surface area contributed by atoms with Gasteiger partial charge in [-0.25, -0.2) is 0 Å². The van der Waals surface area contributed by atoms with E-state index < -0.39 is 0 Å². The topological polar surface area (TPSA) is 35.5 Å². The number of carbonyl (C=O) groups is 1. The first kappa shape index (κ1) is 16.1. The molecule has 0 aromatic heterocycles. The first-order chi connectivity index (χ1) is 9.56. The van der Waals surface area contributed by atoms with Crippen molar-refractivity contribution in [2.75, 3.05) is 13.7 Å². The summed E-state index contributed by atoms with van der Waals surface area (Å²) in [6, 6.07) is 7.74. The van der Waals surface area contributed by atoms with E-state index in [1.165, 1.54) is 7.11 Å². The lowest BCUT2D eigenvalue weighted by atomic mass is 9.96. The molecule has 0 bridgehead atoms. The molecule has 0 saturated heterocycles. The smallest absolute Gasteiger partial charge is 0.307 e. The fourth-order valence-electron chi connectivity index (χ4n) is 1.74. The van der Waals surface area contributed by atoms with Crippen molar-refractivity contribution < 1.29 is 14.3 Å². The van der Waals surface area contributed by atoms with E-state index in [4.69, 9.17) is 9.47 Å². The Kier molecular flexibility index (Phi) is 6.66. The van der Waals surface area contributed by atoms with Crippen LogP contribution in [0.15, 0.2) is 24.3 Å². The summed E-state index contributed by atoms with van der Waals surface area (Å²) < 4.78 is 10.3. The molecule has 1 rings (SSSR count). The van der Waals surface area contributed by atoms with Crippen LogP contribution in [0.5, 0.6) is 5.75 Å². The van der Waals surface area contributed by atoms with Crippen LogP contribution in [0.1, 0.15) is 38.7 Å². The minimum absolute atomic E-state index is 0.133. The predicted octanol–water partition coefficient (Wildman–Crippen LogP) is 3.39.